The van der Waals surface area contributed by atoms with Crippen LogP contribution in [-0.2, 0) is 32.3 Å². The van der Waals surface area contributed by atoms with Crippen molar-refractivity contribution in [2.75, 3.05) is 6.54 Å². The number of alkyl halides is 3. The summed E-state index contributed by atoms with van der Waals surface area (Å²) in [6.45, 7) is 1.25. The first-order valence-corrected chi connectivity index (χ1v) is 14.4. The summed E-state index contributed by atoms with van der Waals surface area (Å²) in [7, 11) is 0. The molecule has 0 aromatic heterocycles. The summed E-state index contributed by atoms with van der Waals surface area (Å²) in [6.07, 6.45) is -3.82. The minimum absolute atomic E-state index is 0.107. The number of carboxylic acids is 1. The third-order valence-electron chi connectivity index (χ3n) is 8.28. The summed E-state index contributed by atoms with van der Waals surface area (Å²) in [5.41, 5.74) is 1.67. The second-order valence-electron chi connectivity index (χ2n) is 11.0. The number of aliphatic carboxylic acids is 1. The van der Waals surface area contributed by atoms with Crippen LogP contribution in [0.3, 0.4) is 0 Å². The Morgan fingerprint density at radius 3 is 2.05 bits per heavy atom. The van der Waals surface area contributed by atoms with Gasteiger partial charge in [-0.3, -0.25) is 24.6 Å². The van der Waals surface area contributed by atoms with Crippen LogP contribution < -0.4 is 5.32 Å². The quantitative estimate of drug-likeness (QED) is 0.387. The Kier molecular flexibility index (Phi) is 8.80. The summed E-state index contributed by atoms with van der Waals surface area (Å²) >= 11 is 6.05. The molecule has 8 nitrogen and oxygen atoms in total. The fourth-order valence-corrected chi connectivity index (χ4v) is 6.48. The maximum Gasteiger partial charge on any atom is 0.490 e. The van der Waals surface area contributed by atoms with Crippen molar-refractivity contribution in [3.8, 4) is 0 Å². The van der Waals surface area contributed by atoms with Gasteiger partial charge < -0.3 is 10.0 Å². The van der Waals surface area contributed by atoms with Crippen molar-refractivity contribution < 1.29 is 37.5 Å². The van der Waals surface area contributed by atoms with E-state index in [1.165, 1.54) is 4.90 Å². The highest BCUT2D eigenvalue weighted by molar-refractivity contribution is 6.30. The molecule has 3 saturated heterocycles. The Hall–Kier alpha value is -4.22. The van der Waals surface area contributed by atoms with E-state index >= 15 is 0 Å². The van der Waals surface area contributed by atoms with Gasteiger partial charge in [-0.1, -0.05) is 84.4 Å². The van der Waals surface area contributed by atoms with Crippen molar-refractivity contribution in [3.05, 3.63) is 107 Å². The van der Waals surface area contributed by atoms with Crippen molar-refractivity contribution in [2.24, 2.45) is 11.8 Å². The zero-order valence-electron chi connectivity index (χ0n) is 23.3. The minimum Gasteiger partial charge on any atom is -0.475 e. The first-order chi connectivity index (χ1) is 20.9. The largest absolute Gasteiger partial charge is 0.490 e. The Morgan fingerprint density at radius 2 is 1.45 bits per heavy atom. The Bertz CT molecular complexity index is 1540. The molecule has 0 aliphatic carbocycles. The molecule has 1 spiro atoms. The zero-order chi connectivity index (χ0) is 31.6. The minimum atomic E-state index is -5.08. The lowest BCUT2D eigenvalue weighted by Crippen LogP contribution is -2.63. The predicted molar refractivity (Wildman–Crippen MR) is 154 cm³/mol. The molecular formula is C32H29ClF3N3O5. The topological polar surface area (TPSA) is 107 Å². The molecule has 4 atom stereocenters. The lowest BCUT2D eigenvalue weighted by molar-refractivity contribution is -0.192. The number of hydrogen-bond donors (Lipinski definition) is 2. The van der Waals surface area contributed by atoms with E-state index in [2.05, 4.69) is 5.32 Å². The molecule has 3 aliphatic heterocycles. The molecule has 0 saturated carbocycles. The van der Waals surface area contributed by atoms with E-state index in [4.69, 9.17) is 21.5 Å². The number of carboxylic acid groups (broad SMARTS) is 1. The van der Waals surface area contributed by atoms with Gasteiger partial charge in [0.1, 0.15) is 5.54 Å². The van der Waals surface area contributed by atoms with Gasteiger partial charge in [-0.2, -0.15) is 13.2 Å². The van der Waals surface area contributed by atoms with Crippen molar-refractivity contribution in [1.29, 1.82) is 0 Å². The summed E-state index contributed by atoms with van der Waals surface area (Å²) in [6, 6.07) is 26.3. The number of imide groups is 1. The summed E-state index contributed by atoms with van der Waals surface area (Å²) in [4.78, 5) is 54.1. The van der Waals surface area contributed by atoms with Crippen LogP contribution in [0.1, 0.15) is 35.6 Å². The normalized spacial score (nSPS) is 24.7. The number of nitrogens with zero attached hydrogens (tertiary/aromatic N) is 2. The molecule has 0 unspecified atom stereocenters. The van der Waals surface area contributed by atoms with Crippen LogP contribution in [0.15, 0.2) is 84.9 Å². The molecule has 230 valence electrons. The molecule has 3 fully saturated rings. The fourth-order valence-electron chi connectivity index (χ4n) is 6.36. The molecule has 44 heavy (non-hydrogen) atoms. The van der Waals surface area contributed by atoms with Gasteiger partial charge >= 0.3 is 12.1 Å². The number of halogens is 4. The van der Waals surface area contributed by atoms with Crippen LogP contribution in [0.4, 0.5) is 13.2 Å². The van der Waals surface area contributed by atoms with E-state index in [-0.39, 0.29) is 24.3 Å². The van der Waals surface area contributed by atoms with Crippen molar-refractivity contribution in [1.82, 2.24) is 15.1 Å². The highest BCUT2D eigenvalue weighted by Gasteiger charge is 2.68. The van der Waals surface area contributed by atoms with Gasteiger partial charge in [-0.05, 0) is 41.7 Å². The van der Waals surface area contributed by atoms with Gasteiger partial charge in [0, 0.05) is 24.2 Å². The van der Waals surface area contributed by atoms with Gasteiger partial charge in [0.2, 0.25) is 17.7 Å². The molecule has 3 aromatic rings. The predicted octanol–water partition coefficient (Wildman–Crippen LogP) is 4.98. The number of carbonyl (C=O) groups is 4. The standard InChI is InChI=1S/C30H28ClN3O3.C2HF3O2/c31-23-14-12-21(13-15-23)18-33-17-7-16-30(29(33)37)25-24(26(32-30)22-10-5-2-6-11-22)27(35)34(28(25)36)19-20-8-3-1-4-9-20;3-2(4,5)1(6)7/h1-6,8-15,24-26,32H,7,16-19H2;(H,6,7)/t24-,25-,26-,30-;/m1./s1. The number of rotatable bonds is 5. The fraction of sp³-hybridized carbons (Fsp3) is 0.312. The molecular weight excluding hydrogens is 599 g/mol. The zero-order valence-corrected chi connectivity index (χ0v) is 24.1. The van der Waals surface area contributed by atoms with E-state index in [1.807, 2.05) is 89.8 Å². The first kappa shape index (κ1) is 31.2. The first-order valence-electron chi connectivity index (χ1n) is 14.0. The van der Waals surface area contributed by atoms with E-state index in [0.29, 0.717) is 24.5 Å². The van der Waals surface area contributed by atoms with Crippen molar-refractivity contribution in [3.63, 3.8) is 0 Å². The second-order valence-corrected chi connectivity index (χ2v) is 11.5. The van der Waals surface area contributed by atoms with E-state index in [0.717, 1.165) is 23.1 Å². The molecule has 3 aliphatic rings. The van der Waals surface area contributed by atoms with Crippen LogP contribution in [0.2, 0.25) is 5.02 Å². The third kappa shape index (κ3) is 6.07. The number of likely N-dealkylation sites (tertiary alicyclic amines) is 2. The smallest absolute Gasteiger partial charge is 0.475 e. The molecule has 2 N–H and O–H groups in total. The lowest BCUT2D eigenvalue weighted by atomic mass is 9.74. The molecule has 0 bridgehead atoms. The Morgan fingerprint density at radius 1 is 0.886 bits per heavy atom. The Balaban J connectivity index is 0.000000493. The van der Waals surface area contributed by atoms with E-state index in [9.17, 15) is 27.6 Å². The lowest BCUT2D eigenvalue weighted by Gasteiger charge is -2.42. The van der Waals surface area contributed by atoms with Crippen LogP contribution in [0.25, 0.3) is 0 Å². The summed E-state index contributed by atoms with van der Waals surface area (Å²) < 4.78 is 31.7. The van der Waals surface area contributed by atoms with Crippen LogP contribution in [0.5, 0.6) is 0 Å². The maximum absolute atomic E-state index is 14.2. The van der Waals surface area contributed by atoms with Gasteiger partial charge in [-0.25, -0.2) is 4.79 Å². The van der Waals surface area contributed by atoms with Gasteiger partial charge in [0.25, 0.3) is 0 Å². The number of piperidine rings is 1. The molecule has 3 heterocycles. The molecule has 12 heteroatoms. The Labute approximate surface area is 256 Å². The van der Waals surface area contributed by atoms with Gasteiger partial charge in [-0.15, -0.1) is 0 Å². The maximum atomic E-state index is 14.2. The van der Waals surface area contributed by atoms with Gasteiger partial charge in [0.15, 0.2) is 0 Å². The van der Waals surface area contributed by atoms with Crippen LogP contribution in [-0.4, -0.2) is 56.9 Å². The average Bonchev–Trinajstić information content (AvgIpc) is 3.47. The molecule has 3 aromatic carbocycles. The van der Waals surface area contributed by atoms with Crippen LogP contribution in [0, 0.1) is 11.8 Å². The highest BCUT2D eigenvalue weighted by atomic mass is 35.5. The second kappa shape index (κ2) is 12.4. The van der Waals surface area contributed by atoms with Crippen LogP contribution >= 0.6 is 11.6 Å². The SMILES string of the molecule is O=C(O)C(F)(F)F.O=C1[C@H]2[C@@H](c3ccccc3)N[C@]3(CCCN(Cc4ccc(Cl)cc4)C3=O)[C@H]2C(=O)N1Cc1ccccc1. The number of hydrogen-bond acceptors (Lipinski definition) is 5. The number of amides is 3. The summed E-state index contributed by atoms with van der Waals surface area (Å²) in [5.74, 6) is -4.70. The van der Waals surface area contributed by atoms with Crippen molar-refractivity contribution in [2.45, 2.75) is 43.7 Å². The molecule has 6 rings (SSSR count). The van der Waals surface area contributed by atoms with Gasteiger partial charge in [0.05, 0.1) is 18.4 Å². The number of benzene rings is 3. The van der Waals surface area contributed by atoms with E-state index < -0.39 is 35.6 Å². The molecule has 0 radical (unpaired) electrons. The highest BCUT2D eigenvalue weighted by Crippen LogP contribution is 2.52. The number of nitrogens with one attached hydrogen (secondary N) is 1. The van der Waals surface area contributed by atoms with E-state index in [1.54, 1.807) is 0 Å². The third-order valence-corrected chi connectivity index (χ3v) is 8.54. The monoisotopic (exact) mass is 627 g/mol. The van der Waals surface area contributed by atoms with Crippen molar-refractivity contribution >= 4 is 35.3 Å². The average molecular weight is 628 g/mol. The molecule has 3 amide bonds. The summed E-state index contributed by atoms with van der Waals surface area (Å²) in [5, 5.41) is 11.3. The number of fused-ring (bicyclic) bond motifs is 2. The number of carbonyl (C=O) groups excluding carboxylic acids is 3.